The zero-order valence-electron chi connectivity index (χ0n) is 19.3. The van der Waals surface area contributed by atoms with Gasteiger partial charge in [-0.2, -0.15) is 0 Å². The van der Waals surface area contributed by atoms with E-state index in [0.717, 1.165) is 5.56 Å². The molecule has 1 atom stereocenters. The molecule has 36 heavy (non-hydrogen) atoms. The lowest BCUT2D eigenvalue weighted by Crippen LogP contribution is -2.39. The molecule has 1 aliphatic heterocycles. The number of carbonyl (C=O) groups is 1. The molecular formula is C27H20Cl2N2O4S. The van der Waals surface area contributed by atoms with E-state index in [2.05, 4.69) is 4.99 Å². The molecule has 0 aliphatic carbocycles. The van der Waals surface area contributed by atoms with Crippen LogP contribution < -0.4 is 14.9 Å². The Balaban J connectivity index is 1.64. The molecule has 2 aromatic carbocycles. The molecule has 3 heterocycles. The number of esters is 1. The van der Waals surface area contributed by atoms with Crippen molar-refractivity contribution in [2.24, 2.45) is 4.99 Å². The van der Waals surface area contributed by atoms with Crippen LogP contribution >= 0.6 is 34.5 Å². The first-order valence-electron chi connectivity index (χ1n) is 11.2. The van der Waals surface area contributed by atoms with E-state index in [0.29, 0.717) is 47.7 Å². The lowest BCUT2D eigenvalue weighted by Gasteiger charge is -2.24. The van der Waals surface area contributed by atoms with E-state index >= 15 is 0 Å². The van der Waals surface area contributed by atoms with Gasteiger partial charge in [0.25, 0.3) is 5.56 Å². The fraction of sp³-hybridized carbons (Fsp3) is 0.148. The van der Waals surface area contributed by atoms with E-state index in [1.165, 1.54) is 11.3 Å². The SMILES string of the molecule is CCOC(=O)C1=C(C)N=c2s/c(=C/c3ccc(-c4cc(Cl)ccc4Cl)o3)c(=O)n2C1c1ccccc1. The summed E-state index contributed by atoms with van der Waals surface area (Å²) in [5.74, 6) is 0.518. The molecular weight excluding hydrogens is 519 g/mol. The molecule has 0 radical (unpaired) electrons. The van der Waals surface area contributed by atoms with Crippen LogP contribution in [0.2, 0.25) is 10.0 Å². The highest BCUT2D eigenvalue weighted by molar-refractivity contribution is 7.07. The van der Waals surface area contributed by atoms with Crippen LogP contribution in [0.25, 0.3) is 17.4 Å². The van der Waals surface area contributed by atoms with Crippen molar-refractivity contribution >= 4 is 46.6 Å². The smallest absolute Gasteiger partial charge is 0.338 e. The molecule has 0 saturated carbocycles. The van der Waals surface area contributed by atoms with Gasteiger partial charge in [0.2, 0.25) is 0 Å². The highest BCUT2D eigenvalue weighted by Crippen LogP contribution is 2.32. The van der Waals surface area contributed by atoms with Gasteiger partial charge >= 0.3 is 5.97 Å². The number of carbonyl (C=O) groups excluding carboxylic acids is 1. The molecule has 0 fully saturated rings. The van der Waals surface area contributed by atoms with Crippen molar-refractivity contribution in [1.29, 1.82) is 0 Å². The van der Waals surface area contributed by atoms with Gasteiger partial charge in [0, 0.05) is 16.7 Å². The third kappa shape index (κ3) is 4.46. The second-order valence-electron chi connectivity index (χ2n) is 8.04. The number of allylic oxidation sites excluding steroid dienone is 1. The predicted octanol–water partition coefficient (Wildman–Crippen LogP) is 5.37. The number of furan rings is 1. The van der Waals surface area contributed by atoms with Crippen LogP contribution in [0.15, 0.2) is 86.1 Å². The summed E-state index contributed by atoms with van der Waals surface area (Å²) in [4.78, 5) is 31.6. The fourth-order valence-electron chi connectivity index (χ4n) is 4.13. The van der Waals surface area contributed by atoms with E-state index in [-0.39, 0.29) is 12.2 Å². The molecule has 2 aromatic heterocycles. The predicted molar refractivity (Wildman–Crippen MR) is 141 cm³/mol. The average molecular weight is 539 g/mol. The number of ether oxygens (including phenoxy) is 1. The van der Waals surface area contributed by atoms with Crippen LogP contribution in [0.4, 0.5) is 0 Å². The Morgan fingerprint density at radius 2 is 1.94 bits per heavy atom. The van der Waals surface area contributed by atoms with Crippen LogP contribution in [-0.4, -0.2) is 17.1 Å². The van der Waals surface area contributed by atoms with Crippen molar-refractivity contribution in [1.82, 2.24) is 4.57 Å². The monoisotopic (exact) mass is 538 g/mol. The molecule has 4 aromatic rings. The van der Waals surface area contributed by atoms with Gasteiger partial charge in [-0.05, 0) is 49.7 Å². The third-order valence-electron chi connectivity index (χ3n) is 5.73. The van der Waals surface area contributed by atoms with Gasteiger partial charge in [-0.3, -0.25) is 9.36 Å². The van der Waals surface area contributed by atoms with Crippen molar-refractivity contribution < 1.29 is 13.9 Å². The molecule has 0 spiro atoms. The summed E-state index contributed by atoms with van der Waals surface area (Å²) in [5, 5.41) is 1.04. The standard InChI is InChI=1S/C27H20Cl2N2O4S/c1-3-34-26(33)23-15(2)30-27-31(24(23)16-7-5-4-6-8-16)25(32)22(36-27)14-18-10-12-21(35-18)19-13-17(28)9-11-20(19)29/h4-14,24H,3H2,1-2H3/b22-14+. The van der Waals surface area contributed by atoms with Crippen molar-refractivity contribution in [3.8, 4) is 11.3 Å². The van der Waals surface area contributed by atoms with Crippen molar-refractivity contribution in [3.05, 3.63) is 113 Å². The maximum absolute atomic E-state index is 13.6. The lowest BCUT2D eigenvalue weighted by molar-refractivity contribution is -0.139. The van der Waals surface area contributed by atoms with Gasteiger partial charge in [0.05, 0.1) is 33.5 Å². The summed E-state index contributed by atoms with van der Waals surface area (Å²) >= 11 is 13.7. The minimum atomic E-state index is -0.652. The molecule has 6 nitrogen and oxygen atoms in total. The van der Waals surface area contributed by atoms with Crippen molar-refractivity contribution in [2.75, 3.05) is 6.61 Å². The number of hydrogen-bond acceptors (Lipinski definition) is 6. The maximum atomic E-state index is 13.6. The Hall–Kier alpha value is -3.39. The number of halogens is 2. The maximum Gasteiger partial charge on any atom is 0.338 e. The Morgan fingerprint density at radius 1 is 1.17 bits per heavy atom. The first-order chi connectivity index (χ1) is 17.4. The molecule has 9 heteroatoms. The van der Waals surface area contributed by atoms with Crippen LogP contribution in [0, 0.1) is 0 Å². The minimum absolute atomic E-state index is 0.221. The second kappa shape index (κ2) is 9.93. The second-order valence-corrected chi connectivity index (χ2v) is 9.89. The van der Waals surface area contributed by atoms with Crippen LogP contribution in [0.5, 0.6) is 0 Å². The fourth-order valence-corrected chi connectivity index (χ4v) is 5.54. The van der Waals surface area contributed by atoms with Gasteiger partial charge < -0.3 is 9.15 Å². The molecule has 0 N–H and O–H groups in total. The van der Waals surface area contributed by atoms with Gasteiger partial charge in [-0.25, -0.2) is 9.79 Å². The summed E-state index contributed by atoms with van der Waals surface area (Å²) in [6, 6.07) is 17.4. The Labute approximate surface area is 220 Å². The zero-order chi connectivity index (χ0) is 25.4. The highest BCUT2D eigenvalue weighted by atomic mass is 35.5. The van der Waals surface area contributed by atoms with E-state index < -0.39 is 12.0 Å². The molecule has 5 rings (SSSR count). The quantitative estimate of drug-likeness (QED) is 0.320. The summed E-state index contributed by atoms with van der Waals surface area (Å²) in [6.45, 7) is 3.72. The number of hydrogen-bond donors (Lipinski definition) is 0. The number of rotatable bonds is 5. The molecule has 0 bridgehead atoms. The van der Waals surface area contributed by atoms with E-state index in [1.807, 2.05) is 30.3 Å². The van der Waals surface area contributed by atoms with Gasteiger partial charge in [-0.15, -0.1) is 0 Å². The Morgan fingerprint density at radius 3 is 2.69 bits per heavy atom. The van der Waals surface area contributed by atoms with Gasteiger partial charge in [0.1, 0.15) is 11.5 Å². The van der Waals surface area contributed by atoms with Crippen LogP contribution in [0.3, 0.4) is 0 Å². The van der Waals surface area contributed by atoms with Gasteiger partial charge in [0.15, 0.2) is 4.80 Å². The zero-order valence-corrected chi connectivity index (χ0v) is 21.7. The summed E-state index contributed by atoms with van der Waals surface area (Å²) in [6.07, 6.45) is 1.66. The van der Waals surface area contributed by atoms with Gasteiger partial charge in [-0.1, -0.05) is 64.9 Å². The average Bonchev–Trinajstić information content (AvgIpc) is 3.45. The van der Waals surface area contributed by atoms with Crippen molar-refractivity contribution in [3.63, 3.8) is 0 Å². The lowest BCUT2D eigenvalue weighted by atomic mass is 9.96. The minimum Gasteiger partial charge on any atom is -0.463 e. The molecule has 0 saturated heterocycles. The van der Waals surface area contributed by atoms with Crippen LogP contribution in [0.1, 0.15) is 31.2 Å². The molecule has 1 unspecified atom stereocenters. The number of nitrogens with zero attached hydrogens (tertiary/aromatic N) is 2. The third-order valence-corrected chi connectivity index (χ3v) is 7.27. The number of aromatic nitrogens is 1. The number of fused-ring (bicyclic) bond motifs is 1. The first-order valence-corrected chi connectivity index (χ1v) is 12.7. The largest absolute Gasteiger partial charge is 0.463 e. The summed E-state index contributed by atoms with van der Waals surface area (Å²) in [7, 11) is 0. The van der Waals surface area contributed by atoms with Crippen LogP contribution in [-0.2, 0) is 9.53 Å². The van der Waals surface area contributed by atoms with E-state index in [9.17, 15) is 9.59 Å². The molecule has 0 amide bonds. The topological polar surface area (TPSA) is 73.8 Å². The normalized spacial score (nSPS) is 15.6. The number of benzene rings is 2. The summed E-state index contributed by atoms with van der Waals surface area (Å²) < 4.78 is 13.2. The molecule has 1 aliphatic rings. The van der Waals surface area contributed by atoms with E-state index in [1.54, 1.807) is 54.8 Å². The van der Waals surface area contributed by atoms with E-state index in [4.69, 9.17) is 32.4 Å². The Kier molecular flexibility index (Phi) is 6.71. The summed E-state index contributed by atoms with van der Waals surface area (Å²) in [5.41, 5.74) is 2.03. The van der Waals surface area contributed by atoms with Crippen molar-refractivity contribution in [2.45, 2.75) is 19.9 Å². The molecule has 182 valence electrons. The first kappa shape index (κ1) is 24.3. The number of thiazole rings is 1. The Bertz CT molecular complexity index is 1680. The highest BCUT2D eigenvalue weighted by Gasteiger charge is 2.33.